The maximum atomic E-state index is 10.5. The van der Waals surface area contributed by atoms with E-state index in [-0.39, 0.29) is 16.3 Å². The number of para-hydroxylation sites is 1. The number of carboxylic acid groups (broad SMARTS) is 1. The molecule has 0 heterocycles. The summed E-state index contributed by atoms with van der Waals surface area (Å²) in [5.74, 6) is -0.0847. The molecule has 0 aromatic heterocycles. The second kappa shape index (κ2) is 11.4. The fourth-order valence-corrected chi connectivity index (χ4v) is 2.75. The van der Waals surface area contributed by atoms with Crippen LogP contribution in [0.3, 0.4) is 0 Å². The van der Waals surface area contributed by atoms with Crippen LogP contribution in [0.15, 0.2) is 18.2 Å². The van der Waals surface area contributed by atoms with E-state index in [0.29, 0.717) is 6.42 Å². The quantitative estimate of drug-likeness (QED) is 0.222. The minimum atomic E-state index is -1.42. The van der Waals surface area contributed by atoms with Crippen molar-refractivity contribution in [3.05, 3.63) is 23.8 Å². The number of hydrogen-bond donors (Lipinski definition) is 2. The third kappa shape index (κ3) is 8.92. The summed E-state index contributed by atoms with van der Waals surface area (Å²) in [4.78, 5) is 10.3. The Bertz CT molecular complexity index is 478. The number of halogens is 2. The molecule has 0 amide bonds. The van der Waals surface area contributed by atoms with E-state index < -0.39 is 6.16 Å². The molecule has 4 nitrogen and oxygen atoms in total. The summed E-state index contributed by atoms with van der Waals surface area (Å²) in [7, 11) is 0. The van der Waals surface area contributed by atoms with Crippen LogP contribution in [0.1, 0.15) is 56.9 Å². The van der Waals surface area contributed by atoms with E-state index in [1.165, 1.54) is 18.9 Å². The lowest BCUT2D eigenvalue weighted by Gasteiger charge is -2.08. The molecule has 0 saturated heterocycles. The largest absolute Gasteiger partial charge is 0.511 e. The van der Waals surface area contributed by atoms with Crippen LogP contribution >= 0.6 is 23.2 Å². The van der Waals surface area contributed by atoms with Gasteiger partial charge in [0.05, 0.1) is 0 Å². The fraction of sp³-hybridized carbons (Fsp3) is 0.588. The van der Waals surface area contributed by atoms with E-state index in [0.717, 1.165) is 44.1 Å². The highest BCUT2D eigenvalue weighted by Crippen LogP contribution is 2.31. The lowest BCUT2D eigenvalue weighted by Crippen LogP contribution is -2.03. The summed E-state index contributed by atoms with van der Waals surface area (Å²) in [6, 6.07) is 4.92. The van der Waals surface area contributed by atoms with Crippen molar-refractivity contribution in [2.45, 2.75) is 62.6 Å². The maximum Gasteiger partial charge on any atom is 0.511 e. The smallest absolute Gasteiger partial charge is 0.504 e. The van der Waals surface area contributed by atoms with Gasteiger partial charge in [-0.05, 0) is 30.9 Å². The molecule has 0 atom stereocenters. The number of unbranched alkanes of at least 4 members (excludes halogenated alkanes) is 6. The zero-order valence-corrected chi connectivity index (χ0v) is 14.7. The lowest BCUT2D eigenvalue weighted by molar-refractivity contribution is 0.143. The topological polar surface area (TPSA) is 66.8 Å². The summed E-state index contributed by atoms with van der Waals surface area (Å²) in [5, 5.41) is 18.6. The first-order chi connectivity index (χ1) is 11.0. The van der Waals surface area contributed by atoms with Gasteiger partial charge in [0.1, 0.15) is 4.84 Å². The maximum absolute atomic E-state index is 10.5. The number of carbonyl (C=O) groups is 1. The number of hydrogen-bond acceptors (Lipinski definition) is 3. The number of phenolic OH excluding ortho intramolecular Hbond substituents is 1. The molecule has 23 heavy (non-hydrogen) atoms. The van der Waals surface area contributed by atoms with Crippen molar-refractivity contribution in [1.29, 1.82) is 0 Å². The van der Waals surface area contributed by atoms with E-state index in [4.69, 9.17) is 28.3 Å². The number of benzene rings is 1. The predicted molar refractivity (Wildman–Crippen MR) is 92.9 cm³/mol. The average molecular weight is 363 g/mol. The molecule has 1 rings (SSSR count). The molecule has 0 fully saturated rings. The number of aryl methyl sites for hydroxylation is 1. The number of alkyl halides is 2. The molecule has 2 N–H and O–H groups in total. The first-order valence-electron chi connectivity index (χ1n) is 8.00. The van der Waals surface area contributed by atoms with Gasteiger partial charge in [0.15, 0.2) is 11.5 Å². The Morgan fingerprint density at radius 3 is 2.26 bits per heavy atom. The van der Waals surface area contributed by atoms with Crippen molar-refractivity contribution in [2.24, 2.45) is 0 Å². The molecule has 0 bridgehead atoms. The van der Waals surface area contributed by atoms with Gasteiger partial charge < -0.3 is 14.9 Å². The van der Waals surface area contributed by atoms with Crippen LogP contribution in [-0.4, -0.2) is 21.2 Å². The van der Waals surface area contributed by atoms with Crippen LogP contribution in [0.4, 0.5) is 4.79 Å². The molecule has 0 saturated carbocycles. The van der Waals surface area contributed by atoms with Crippen LogP contribution in [0.25, 0.3) is 0 Å². The Morgan fingerprint density at radius 1 is 1.04 bits per heavy atom. The van der Waals surface area contributed by atoms with Crippen LogP contribution in [0.5, 0.6) is 11.5 Å². The van der Waals surface area contributed by atoms with Gasteiger partial charge in [-0.15, -0.1) is 23.2 Å². The Morgan fingerprint density at radius 2 is 1.65 bits per heavy atom. The summed E-state index contributed by atoms with van der Waals surface area (Å²) in [6.07, 6.45) is 7.93. The van der Waals surface area contributed by atoms with Crippen molar-refractivity contribution in [1.82, 2.24) is 0 Å². The number of rotatable bonds is 11. The SMILES string of the molecule is O=C(O)Oc1cccc(CCCCCCCCCC(Cl)Cl)c1O. The Kier molecular flexibility index (Phi) is 9.88. The third-order valence-electron chi connectivity index (χ3n) is 3.65. The molecule has 0 radical (unpaired) electrons. The summed E-state index contributed by atoms with van der Waals surface area (Å²) < 4.78 is 4.53. The van der Waals surface area contributed by atoms with E-state index in [1.54, 1.807) is 12.1 Å². The molecule has 0 aliphatic rings. The summed E-state index contributed by atoms with van der Waals surface area (Å²) in [6.45, 7) is 0. The average Bonchev–Trinajstić information content (AvgIpc) is 2.48. The van der Waals surface area contributed by atoms with E-state index in [1.807, 2.05) is 0 Å². The molecular weight excluding hydrogens is 339 g/mol. The van der Waals surface area contributed by atoms with Crippen molar-refractivity contribution >= 4 is 29.4 Å². The normalized spacial score (nSPS) is 10.9. The van der Waals surface area contributed by atoms with Gasteiger partial charge in [0.2, 0.25) is 0 Å². The van der Waals surface area contributed by atoms with Crippen LogP contribution in [0, 0.1) is 0 Å². The van der Waals surface area contributed by atoms with Crippen LogP contribution < -0.4 is 4.74 Å². The molecule has 1 aromatic rings. The van der Waals surface area contributed by atoms with Crippen LogP contribution in [0.2, 0.25) is 0 Å². The highest BCUT2D eigenvalue weighted by atomic mass is 35.5. The molecule has 1 aromatic carbocycles. The first-order valence-corrected chi connectivity index (χ1v) is 8.87. The molecule has 0 spiro atoms. The first kappa shape index (κ1) is 19.9. The number of ether oxygens (including phenoxy) is 1. The standard InChI is InChI=1S/C17H24Cl2O4/c18-15(19)12-7-5-3-1-2-4-6-9-13-10-8-11-14(16(13)20)23-17(21)22/h8,10-11,15,20H,1-7,9,12H2,(H,21,22). The van der Waals surface area contributed by atoms with Gasteiger partial charge in [-0.2, -0.15) is 0 Å². The van der Waals surface area contributed by atoms with Crippen molar-refractivity contribution in [3.8, 4) is 11.5 Å². The van der Waals surface area contributed by atoms with Crippen molar-refractivity contribution in [2.75, 3.05) is 0 Å². The Labute approximate surface area is 147 Å². The Balaban J connectivity index is 2.17. The molecule has 0 aliphatic carbocycles. The lowest BCUT2D eigenvalue weighted by atomic mass is 10.0. The number of phenols is 1. The molecule has 0 unspecified atom stereocenters. The van der Waals surface area contributed by atoms with Gasteiger partial charge >= 0.3 is 6.16 Å². The molecular formula is C17H24Cl2O4. The van der Waals surface area contributed by atoms with Gasteiger partial charge in [-0.1, -0.05) is 50.7 Å². The summed E-state index contributed by atoms with van der Waals surface area (Å²) >= 11 is 11.3. The second-order valence-corrected chi connectivity index (χ2v) is 6.81. The minimum Gasteiger partial charge on any atom is -0.504 e. The zero-order chi connectivity index (χ0) is 17.1. The molecule has 130 valence electrons. The monoisotopic (exact) mass is 362 g/mol. The van der Waals surface area contributed by atoms with Gasteiger partial charge in [0, 0.05) is 0 Å². The minimum absolute atomic E-state index is 0.00751. The zero-order valence-electron chi connectivity index (χ0n) is 13.1. The number of aromatic hydroxyl groups is 1. The van der Waals surface area contributed by atoms with E-state index in [9.17, 15) is 9.90 Å². The second-order valence-electron chi connectivity index (χ2n) is 5.54. The van der Waals surface area contributed by atoms with E-state index in [2.05, 4.69) is 4.74 Å². The highest BCUT2D eigenvalue weighted by Gasteiger charge is 2.10. The third-order valence-corrected chi connectivity index (χ3v) is 4.08. The fourth-order valence-electron chi connectivity index (χ4n) is 2.44. The predicted octanol–water partition coefficient (Wildman–Crippen LogP) is 5.92. The van der Waals surface area contributed by atoms with Gasteiger partial charge in [-0.25, -0.2) is 4.79 Å². The highest BCUT2D eigenvalue weighted by molar-refractivity contribution is 6.44. The van der Waals surface area contributed by atoms with Crippen LogP contribution in [-0.2, 0) is 6.42 Å². The van der Waals surface area contributed by atoms with Gasteiger partial charge in [0.25, 0.3) is 0 Å². The van der Waals surface area contributed by atoms with Gasteiger partial charge in [-0.3, -0.25) is 0 Å². The molecule has 0 aliphatic heterocycles. The summed E-state index contributed by atoms with van der Waals surface area (Å²) in [5.41, 5.74) is 0.721. The van der Waals surface area contributed by atoms with Crippen molar-refractivity contribution in [3.63, 3.8) is 0 Å². The van der Waals surface area contributed by atoms with Crippen molar-refractivity contribution < 1.29 is 19.7 Å². The molecule has 6 heteroatoms. The van der Waals surface area contributed by atoms with E-state index >= 15 is 0 Å². The Hall–Kier alpha value is -1.13.